The van der Waals surface area contributed by atoms with Crippen LogP contribution in [0.25, 0.3) is 0 Å². The van der Waals surface area contributed by atoms with Gasteiger partial charge in [0.1, 0.15) is 0 Å². The van der Waals surface area contributed by atoms with Crippen molar-refractivity contribution in [2.45, 2.75) is 44.7 Å². The molecule has 0 bridgehead atoms. The van der Waals surface area contributed by atoms with Gasteiger partial charge in [-0.05, 0) is 45.3 Å². The molecule has 1 N–H and O–H groups in total. The zero-order valence-corrected chi connectivity index (χ0v) is 8.05. The Bertz CT molecular complexity index is 141. The van der Waals surface area contributed by atoms with Crippen LogP contribution in [0.4, 0.5) is 0 Å². The van der Waals surface area contributed by atoms with Crippen LogP contribution in [-0.4, -0.2) is 36.6 Å². The minimum absolute atomic E-state index is 0.781. The van der Waals surface area contributed by atoms with Crippen molar-refractivity contribution in [3.05, 3.63) is 0 Å². The molecule has 2 fully saturated rings. The highest BCUT2D eigenvalue weighted by Crippen LogP contribution is 2.21. The molecule has 0 radical (unpaired) electrons. The predicted molar refractivity (Wildman–Crippen MR) is 51.3 cm³/mol. The molecule has 0 aromatic carbocycles. The molecule has 0 aromatic rings. The van der Waals surface area contributed by atoms with Crippen molar-refractivity contribution in [3.8, 4) is 0 Å². The van der Waals surface area contributed by atoms with Gasteiger partial charge >= 0.3 is 0 Å². The first-order valence-electron chi connectivity index (χ1n) is 5.39. The van der Waals surface area contributed by atoms with Crippen LogP contribution in [0.15, 0.2) is 0 Å². The van der Waals surface area contributed by atoms with E-state index in [0.717, 1.165) is 12.1 Å². The summed E-state index contributed by atoms with van der Waals surface area (Å²) in [6, 6.07) is 1.64. The molecule has 0 amide bonds. The van der Waals surface area contributed by atoms with E-state index in [-0.39, 0.29) is 0 Å². The molecule has 2 saturated heterocycles. The summed E-state index contributed by atoms with van der Waals surface area (Å²) in [7, 11) is 0. The van der Waals surface area contributed by atoms with Crippen molar-refractivity contribution < 1.29 is 0 Å². The molecular weight excluding hydrogens is 148 g/mol. The number of hydrogen-bond acceptors (Lipinski definition) is 2. The Hall–Kier alpha value is -0.0800. The minimum atomic E-state index is 0.781. The summed E-state index contributed by atoms with van der Waals surface area (Å²) < 4.78 is 0. The first-order valence-corrected chi connectivity index (χ1v) is 5.39. The lowest BCUT2D eigenvalue weighted by atomic mass is 10.1. The van der Waals surface area contributed by atoms with E-state index >= 15 is 0 Å². The summed E-state index contributed by atoms with van der Waals surface area (Å²) in [4.78, 5) is 2.69. The van der Waals surface area contributed by atoms with Crippen molar-refractivity contribution in [1.29, 1.82) is 0 Å². The van der Waals surface area contributed by atoms with Gasteiger partial charge in [-0.15, -0.1) is 0 Å². The van der Waals surface area contributed by atoms with Crippen molar-refractivity contribution >= 4 is 0 Å². The Kier molecular flexibility index (Phi) is 2.66. The zero-order chi connectivity index (χ0) is 8.39. The number of hydrogen-bond donors (Lipinski definition) is 1. The van der Waals surface area contributed by atoms with Crippen molar-refractivity contribution in [2.75, 3.05) is 19.6 Å². The van der Waals surface area contributed by atoms with Crippen molar-refractivity contribution in [2.24, 2.45) is 0 Å². The van der Waals surface area contributed by atoms with E-state index in [0.29, 0.717) is 0 Å². The molecule has 2 heterocycles. The van der Waals surface area contributed by atoms with Crippen LogP contribution in [0.5, 0.6) is 0 Å². The van der Waals surface area contributed by atoms with Gasteiger partial charge in [-0.25, -0.2) is 0 Å². The Morgan fingerprint density at radius 2 is 2.08 bits per heavy atom. The van der Waals surface area contributed by atoms with E-state index in [1.165, 1.54) is 45.3 Å². The third-order valence-corrected chi connectivity index (χ3v) is 3.36. The molecule has 0 spiro atoms. The fourth-order valence-electron chi connectivity index (χ4n) is 2.68. The average molecular weight is 168 g/mol. The van der Waals surface area contributed by atoms with Gasteiger partial charge in [0.2, 0.25) is 0 Å². The highest BCUT2D eigenvalue weighted by Gasteiger charge is 2.31. The molecule has 2 aliphatic rings. The lowest BCUT2D eigenvalue weighted by Gasteiger charge is -2.27. The standard InChI is InChI=1S/C10H20N2/c1-2-9-10(5-6-11-9)12-7-3-4-8-12/h9-11H,2-8H2,1H3/t9-,10-/m1/s1. The maximum atomic E-state index is 3.59. The topological polar surface area (TPSA) is 15.3 Å². The number of nitrogens with zero attached hydrogens (tertiary/aromatic N) is 1. The summed E-state index contributed by atoms with van der Waals surface area (Å²) in [5.74, 6) is 0. The first-order chi connectivity index (χ1) is 5.92. The summed E-state index contributed by atoms with van der Waals surface area (Å²) in [6.45, 7) is 6.23. The van der Waals surface area contributed by atoms with E-state index in [1.807, 2.05) is 0 Å². The Labute approximate surface area is 75.3 Å². The normalized spacial score (nSPS) is 37.8. The molecule has 12 heavy (non-hydrogen) atoms. The maximum absolute atomic E-state index is 3.59. The van der Waals surface area contributed by atoms with Crippen molar-refractivity contribution in [1.82, 2.24) is 10.2 Å². The fourth-order valence-corrected chi connectivity index (χ4v) is 2.68. The van der Waals surface area contributed by atoms with Gasteiger partial charge in [0.05, 0.1) is 0 Å². The van der Waals surface area contributed by atoms with Gasteiger partial charge < -0.3 is 5.32 Å². The van der Waals surface area contributed by atoms with Gasteiger partial charge in [0, 0.05) is 12.1 Å². The smallest absolute Gasteiger partial charge is 0.0261 e. The van der Waals surface area contributed by atoms with Crippen LogP contribution in [0, 0.1) is 0 Å². The van der Waals surface area contributed by atoms with E-state index in [9.17, 15) is 0 Å². The molecule has 0 unspecified atom stereocenters. The Morgan fingerprint density at radius 1 is 1.33 bits per heavy atom. The summed E-state index contributed by atoms with van der Waals surface area (Å²) in [5.41, 5.74) is 0. The molecule has 0 saturated carbocycles. The average Bonchev–Trinajstić information content (AvgIpc) is 2.74. The lowest BCUT2D eigenvalue weighted by Crippen LogP contribution is -2.41. The predicted octanol–water partition coefficient (Wildman–Crippen LogP) is 1.22. The van der Waals surface area contributed by atoms with Gasteiger partial charge in [-0.2, -0.15) is 0 Å². The number of likely N-dealkylation sites (tertiary alicyclic amines) is 1. The van der Waals surface area contributed by atoms with Crippen LogP contribution < -0.4 is 5.32 Å². The third-order valence-electron chi connectivity index (χ3n) is 3.36. The van der Waals surface area contributed by atoms with E-state index in [1.54, 1.807) is 0 Å². The Morgan fingerprint density at radius 3 is 2.75 bits per heavy atom. The largest absolute Gasteiger partial charge is 0.312 e. The molecule has 2 rings (SSSR count). The van der Waals surface area contributed by atoms with E-state index in [2.05, 4.69) is 17.1 Å². The summed E-state index contributed by atoms with van der Waals surface area (Å²) in [6.07, 6.45) is 5.51. The fraction of sp³-hybridized carbons (Fsp3) is 1.00. The molecule has 2 aliphatic heterocycles. The first kappa shape index (κ1) is 8.52. The van der Waals surface area contributed by atoms with Crippen LogP contribution in [-0.2, 0) is 0 Å². The molecular formula is C10H20N2. The monoisotopic (exact) mass is 168 g/mol. The molecule has 70 valence electrons. The van der Waals surface area contributed by atoms with E-state index in [4.69, 9.17) is 0 Å². The molecule has 0 aromatic heterocycles. The molecule has 2 atom stereocenters. The highest BCUT2D eigenvalue weighted by molar-refractivity contribution is 4.91. The second-order valence-corrected chi connectivity index (χ2v) is 4.07. The Balaban J connectivity index is 1.92. The van der Waals surface area contributed by atoms with Gasteiger partial charge in [0.25, 0.3) is 0 Å². The molecule has 2 heteroatoms. The van der Waals surface area contributed by atoms with E-state index < -0.39 is 0 Å². The van der Waals surface area contributed by atoms with Gasteiger partial charge in [-0.1, -0.05) is 6.92 Å². The number of rotatable bonds is 2. The van der Waals surface area contributed by atoms with Crippen LogP contribution in [0.1, 0.15) is 32.6 Å². The lowest BCUT2D eigenvalue weighted by molar-refractivity contribution is 0.220. The quantitative estimate of drug-likeness (QED) is 0.667. The van der Waals surface area contributed by atoms with Crippen LogP contribution in [0.3, 0.4) is 0 Å². The zero-order valence-electron chi connectivity index (χ0n) is 8.05. The minimum Gasteiger partial charge on any atom is -0.312 e. The molecule has 0 aliphatic carbocycles. The second kappa shape index (κ2) is 3.75. The summed E-state index contributed by atoms with van der Waals surface area (Å²) >= 11 is 0. The van der Waals surface area contributed by atoms with Gasteiger partial charge in [-0.3, -0.25) is 4.90 Å². The maximum Gasteiger partial charge on any atom is 0.0261 e. The van der Waals surface area contributed by atoms with Crippen LogP contribution in [0.2, 0.25) is 0 Å². The highest BCUT2D eigenvalue weighted by atomic mass is 15.2. The van der Waals surface area contributed by atoms with Crippen LogP contribution >= 0.6 is 0 Å². The SMILES string of the molecule is CC[C@H]1NCC[C@H]1N1CCCC1. The number of nitrogens with one attached hydrogen (secondary N) is 1. The summed E-state index contributed by atoms with van der Waals surface area (Å²) in [5, 5.41) is 3.59. The van der Waals surface area contributed by atoms with Gasteiger partial charge in [0.15, 0.2) is 0 Å². The second-order valence-electron chi connectivity index (χ2n) is 4.07. The third kappa shape index (κ3) is 1.50. The van der Waals surface area contributed by atoms with Crippen molar-refractivity contribution in [3.63, 3.8) is 0 Å². The molecule has 2 nitrogen and oxygen atoms in total.